The Morgan fingerprint density at radius 2 is 2.03 bits per heavy atom. The van der Waals surface area contributed by atoms with Crippen LogP contribution in [0.5, 0.6) is 5.88 Å². The summed E-state index contributed by atoms with van der Waals surface area (Å²) in [7, 11) is 1.58. The van der Waals surface area contributed by atoms with Crippen molar-refractivity contribution in [2.45, 2.75) is 50.9 Å². The van der Waals surface area contributed by atoms with Crippen LogP contribution in [0.2, 0.25) is 0 Å². The van der Waals surface area contributed by atoms with Crippen molar-refractivity contribution in [3.05, 3.63) is 94.2 Å². The molecule has 39 heavy (non-hydrogen) atoms. The third-order valence-electron chi connectivity index (χ3n) is 7.57. The number of likely N-dealkylation sites (tertiary alicyclic amines) is 1. The second kappa shape index (κ2) is 11.5. The first-order valence-electron chi connectivity index (χ1n) is 13.2. The van der Waals surface area contributed by atoms with Crippen LogP contribution < -0.4 is 10.2 Å². The average Bonchev–Trinajstić information content (AvgIpc) is 3.79. The number of piperidine rings is 1. The Morgan fingerprint density at radius 1 is 1.23 bits per heavy atom. The fourth-order valence-corrected chi connectivity index (χ4v) is 5.44. The van der Waals surface area contributed by atoms with Crippen LogP contribution in [0.3, 0.4) is 0 Å². The van der Waals surface area contributed by atoms with E-state index >= 15 is 0 Å². The Balaban J connectivity index is 1.54. The zero-order valence-corrected chi connectivity index (χ0v) is 22.2. The number of benzene rings is 1. The Morgan fingerprint density at radius 3 is 2.74 bits per heavy atom. The number of hydrogen-bond donors (Lipinski definition) is 0. The van der Waals surface area contributed by atoms with E-state index in [1.165, 1.54) is 0 Å². The molecule has 0 bridgehead atoms. The molecule has 2 aliphatic rings. The fraction of sp³-hybridized carbons (Fsp3) is 0.367. The van der Waals surface area contributed by atoms with Crippen molar-refractivity contribution < 1.29 is 13.5 Å². The SMILES string of the molecule is C=C/C(=C\N=C)N1CCC[C@H](N(Cc2ccnc(OC)c2)Cc2cn(C3CC3)c3cc(F)c(F)cc3c2=O)C1. The first kappa shape index (κ1) is 26.7. The molecule has 5 rings (SSSR count). The van der Waals surface area contributed by atoms with Crippen LogP contribution in [0.25, 0.3) is 10.9 Å². The topological polar surface area (TPSA) is 63.0 Å². The van der Waals surface area contributed by atoms with E-state index in [0.29, 0.717) is 30.0 Å². The van der Waals surface area contributed by atoms with Crippen LogP contribution in [0.15, 0.2) is 71.0 Å². The standard InChI is InChI=1S/C30H33F2N5O2/c1-4-22(15-33-2)35-11-5-6-24(19-35)36(16-20-9-10-34-29(12-20)39-3)17-21-18-37(23-7-8-23)28-14-27(32)26(31)13-25(28)30(21)38/h4,9-10,12-15,18,23-24H,1-2,5-8,11,16-17,19H2,3H3/b22-15+/t24-/m0/s1. The minimum absolute atomic E-state index is 0.112. The van der Waals surface area contributed by atoms with Crippen molar-refractivity contribution in [3.63, 3.8) is 0 Å². The average molecular weight is 534 g/mol. The van der Waals surface area contributed by atoms with E-state index in [9.17, 15) is 13.6 Å². The number of nitrogens with zero attached hydrogens (tertiary/aromatic N) is 5. The van der Waals surface area contributed by atoms with Crippen molar-refractivity contribution in [1.29, 1.82) is 0 Å². The zero-order chi connectivity index (χ0) is 27.5. The lowest BCUT2D eigenvalue weighted by Crippen LogP contribution is -2.47. The normalized spacial score (nSPS) is 18.0. The van der Waals surface area contributed by atoms with E-state index < -0.39 is 11.6 Å². The predicted octanol–water partition coefficient (Wildman–Crippen LogP) is 5.21. The lowest BCUT2D eigenvalue weighted by Gasteiger charge is -2.40. The number of methoxy groups -OCH3 is 1. The smallest absolute Gasteiger partial charge is 0.213 e. The number of allylic oxidation sites excluding steroid dienone is 1. The summed E-state index contributed by atoms with van der Waals surface area (Å²) in [5, 5.41) is 0.211. The van der Waals surface area contributed by atoms with Crippen molar-refractivity contribution in [3.8, 4) is 5.88 Å². The molecule has 1 aliphatic heterocycles. The second-order valence-corrected chi connectivity index (χ2v) is 10.2. The number of halogens is 2. The minimum Gasteiger partial charge on any atom is -0.481 e. The molecule has 9 heteroatoms. The van der Waals surface area contributed by atoms with Crippen LogP contribution in [-0.2, 0) is 13.1 Å². The maximum atomic E-state index is 14.3. The van der Waals surface area contributed by atoms with Gasteiger partial charge in [0.05, 0.1) is 18.3 Å². The Bertz CT molecular complexity index is 1480. The molecule has 7 nitrogen and oxygen atoms in total. The summed E-state index contributed by atoms with van der Waals surface area (Å²) in [5.74, 6) is -1.44. The molecule has 1 aromatic carbocycles. The highest BCUT2D eigenvalue weighted by Crippen LogP contribution is 2.37. The van der Waals surface area contributed by atoms with Crippen molar-refractivity contribution in [2.75, 3.05) is 20.2 Å². The van der Waals surface area contributed by atoms with E-state index in [4.69, 9.17) is 4.74 Å². The molecular weight excluding hydrogens is 500 g/mol. The molecule has 1 atom stereocenters. The van der Waals surface area contributed by atoms with Gasteiger partial charge in [0.2, 0.25) is 5.88 Å². The van der Waals surface area contributed by atoms with Gasteiger partial charge < -0.3 is 14.2 Å². The molecule has 0 radical (unpaired) electrons. The quantitative estimate of drug-likeness (QED) is 0.264. The minimum atomic E-state index is -1.01. The van der Waals surface area contributed by atoms with Crippen molar-refractivity contribution in [2.24, 2.45) is 4.99 Å². The molecule has 0 unspecified atom stereocenters. The lowest BCUT2D eigenvalue weighted by atomic mass is 10.0. The first-order chi connectivity index (χ1) is 18.9. The number of fused-ring (bicyclic) bond motifs is 1. The summed E-state index contributed by atoms with van der Waals surface area (Å²) in [4.78, 5) is 26.3. The van der Waals surface area contributed by atoms with Gasteiger partial charge in [0, 0.05) is 79.9 Å². The molecular formula is C30H33F2N5O2. The molecule has 2 aromatic heterocycles. The van der Waals surface area contributed by atoms with Gasteiger partial charge in [-0.05, 0) is 56.2 Å². The van der Waals surface area contributed by atoms with Gasteiger partial charge in [-0.25, -0.2) is 13.8 Å². The van der Waals surface area contributed by atoms with Gasteiger partial charge in [-0.3, -0.25) is 14.7 Å². The van der Waals surface area contributed by atoms with Crippen LogP contribution in [-0.4, -0.2) is 52.3 Å². The fourth-order valence-electron chi connectivity index (χ4n) is 5.44. The summed E-state index contributed by atoms with van der Waals surface area (Å²) in [6, 6.07) is 6.32. The van der Waals surface area contributed by atoms with Gasteiger partial charge in [0.1, 0.15) is 0 Å². The van der Waals surface area contributed by atoms with Gasteiger partial charge >= 0.3 is 0 Å². The molecule has 3 aromatic rings. The van der Waals surface area contributed by atoms with E-state index in [2.05, 4.69) is 33.1 Å². The molecule has 204 valence electrons. The van der Waals surface area contributed by atoms with Crippen LogP contribution >= 0.6 is 0 Å². The molecule has 0 N–H and O–H groups in total. The van der Waals surface area contributed by atoms with Crippen molar-refractivity contribution >= 4 is 17.6 Å². The van der Waals surface area contributed by atoms with E-state index in [-0.39, 0.29) is 22.9 Å². The van der Waals surface area contributed by atoms with Crippen molar-refractivity contribution in [1.82, 2.24) is 19.4 Å². The second-order valence-electron chi connectivity index (χ2n) is 10.2. The Kier molecular flexibility index (Phi) is 7.88. The third-order valence-corrected chi connectivity index (χ3v) is 7.57. The molecule has 0 amide bonds. The summed E-state index contributed by atoms with van der Waals surface area (Å²) >= 11 is 0. The number of aromatic nitrogens is 2. The van der Waals surface area contributed by atoms with Gasteiger partial charge in [-0.1, -0.05) is 6.58 Å². The van der Waals surface area contributed by atoms with Crippen LogP contribution in [0.4, 0.5) is 8.78 Å². The summed E-state index contributed by atoms with van der Waals surface area (Å²) in [6.45, 7) is 10.0. The first-order valence-corrected chi connectivity index (χ1v) is 13.2. The van der Waals surface area contributed by atoms with Gasteiger partial charge in [0.25, 0.3) is 0 Å². The molecule has 3 heterocycles. The maximum absolute atomic E-state index is 14.3. The third kappa shape index (κ3) is 5.78. The summed E-state index contributed by atoms with van der Waals surface area (Å²) < 4.78 is 35.7. The Hall–Kier alpha value is -3.85. The van der Waals surface area contributed by atoms with Gasteiger partial charge in [-0.2, -0.15) is 0 Å². The number of hydrogen-bond acceptors (Lipinski definition) is 6. The number of rotatable bonds is 10. The van der Waals surface area contributed by atoms with E-state index in [0.717, 1.165) is 62.2 Å². The molecule has 1 saturated carbocycles. The summed E-state index contributed by atoms with van der Waals surface area (Å²) in [5.41, 5.74) is 2.64. The number of aliphatic imine (C=N–C) groups is 1. The largest absolute Gasteiger partial charge is 0.481 e. The monoisotopic (exact) mass is 533 g/mol. The van der Waals surface area contributed by atoms with Gasteiger partial charge in [-0.15, -0.1) is 0 Å². The maximum Gasteiger partial charge on any atom is 0.213 e. The summed E-state index contributed by atoms with van der Waals surface area (Å²) in [6.07, 6.45) is 10.8. The Labute approximate surface area is 226 Å². The van der Waals surface area contributed by atoms with E-state index in [1.54, 1.807) is 25.6 Å². The molecule has 0 spiro atoms. The highest BCUT2D eigenvalue weighted by molar-refractivity contribution is 5.80. The predicted molar refractivity (Wildman–Crippen MR) is 149 cm³/mol. The van der Waals surface area contributed by atoms with E-state index in [1.807, 2.05) is 22.9 Å². The number of ether oxygens (including phenoxy) is 1. The van der Waals surface area contributed by atoms with Gasteiger partial charge in [0.15, 0.2) is 17.1 Å². The van der Waals surface area contributed by atoms with Crippen LogP contribution in [0, 0.1) is 11.6 Å². The molecule has 1 saturated heterocycles. The zero-order valence-electron chi connectivity index (χ0n) is 22.2. The highest BCUT2D eigenvalue weighted by atomic mass is 19.2. The number of pyridine rings is 2. The molecule has 1 aliphatic carbocycles. The van der Waals surface area contributed by atoms with Crippen LogP contribution in [0.1, 0.15) is 42.9 Å². The lowest BCUT2D eigenvalue weighted by molar-refractivity contribution is 0.104. The highest BCUT2D eigenvalue weighted by Gasteiger charge is 2.29. The molecule has 2 fully saturated rings.